The van der Waals surface area contributed by atoms with Crippen molar-refractivity contribution in [3.8, 4) is 11.5 Å². The molecule has 2 heterocycles. The second kappa shape index (κ2) is 11.2. The summed E-state index contributed by atoms with van der Waals surface area (Å²) < 4.78 is 28.6. The van der Waals surface area contributed by atoms with Crippen LogP contribution in [0.15, 0.2) is 90.7 Å². The molecule has 0 spiro atoms. The average molecular weight is 534 g/mol. The van der Waals surface area contributed by atoms with Crippen LogP contribution in [0.4, 0.5) is 11.5 Å². The first-order valence-electron chi connectivity index (χ1n) is 11.8. The number of nitrogens with one attached hydrogen (secondary N) is 2. The number of thioether (sulfide) groups is 1. The van der Waals surface area contributed by atoms with Gasteiger partial charge in [0.2, 0.25) is 0 Å². The molecule has 8 nitrogen and oxygen atoms in total. The normalized spacial score (nSPS) is 15.3. The summed E-state index contributed by atoms with van der Waals surface area (Å²) in [6.45, 7) is 0.974. The molecule has 4 aromatic rings. The van der Waals surface area contributed by atoms with E-state index in [-0.39, 0.29) is 11.1 Å². The lowest BCUT2D eigenvalue weighted by Crippen LogP contribution is -2.33. The summed E-state index contributed by atoms with van der Waals surface area (Å²) in [5, 5.41) is 9.65. The maximum atomic E-state index is 11.4. The van der Waals surface area contributed by atoms with E-state index in [0.717, 1.165) is 39.5 Å². The van der Waals surface area contributed by atoms with Crippen molar-refractivity contribution >= 4 is 44.0 Å². The van der Waals surface area contributed by atoms with Crippen LogP contribution in [0.1, 0.15) is 10.9 Å². The van der Waals surface area contributed by atoms with Gasteiger partial charge in [0.05, 0.1) is 17.9 Å². The lowest BCUT2D eigenvalue weighted by molar-refractivity contribution is 0.339. The molecule has 1 aliphatic heterocycles. The number of aromatic nitrogens is 2. The first-order chi connectivity index (χ1) is 17.9. The summed E-state index contributed by atoms with van der Waals surface area (Å²) in [5.41, 5.74) is 2.85. The van der Waals surface area contributed by atoms with Crippen LogP contribution in [-0.4, -0.2) is 48.5 Å². The van der Waals surface area contributed by atoms with Gasteiger partial charge in [-0.3, -0.25) is 5.32 Å². The van der Waals surface area contributed by atoms with E-state index in [1.807, 2.05) is 72.3 Å². The van der Waals surface area contributed by atoms with Gasteiger partial charge in [-0.2, -0.15) is 0 Å². The summed E-state index contributed by atoms with van der Waals surface area (Å²) in [5.74, 6) is 2.39. The third kappa shape index (κ3) is 6.59. The Morgan fingerprint density at radius 1 is 1.00 bits per heavy atom. The van der Waals surface area contributed by atoms with Crippen LogP contribution < -0.4 is 15.4 Å². The lowest BCUT2D eigenvalue weighted by atomic mass is 10.1. The smallest absolute Gasteiger partial charge is 0.148 e. The zero-order valence-electron chi connectivity index (χ0n) is 20.2. The summed E-state index contributed by atoms with van der Waals surface area (Å²) in [7, 11) is -2.98. The van der Waals surface area contributed by atoms with Gasteiger partial charge in [0, 0.05) is 30.1 Å². The quantitative estimate of drug-likeness (QED) is 0.264. The molecular weight excluding hydrogens is 506 g/mol. The molecule has 5 rings (SSSR count). The molecule has 190 valence electrons. The molecule has 3 aromatic carbocycles. The Kier molecular flexibility index (Phi) is 7.59. The number of rotatable bonds is 10. The molecule has 0 amide bonds. The molecule has 0 bridgehead atoms. The van der Waals surface area contributed by atoms with Gasteiger partial charge in [0.1, 0.15) is 38.9 Å². The van der Waals surface area contributed by atoms with E-state index >= 15 is 0 Å². The summed E-state index contributed by atoms with van der Waals surface area (Å²) in [4.78, 5) is 11.1. The monoisotopic (exact) mass is 533 g/mol. The molecule has 1 aliphatic rings. The highest BCUT2D eigenvalue weighted by atomic mass is 32.2. The van der Waals surface area contributed by atoms with Crippen molar-refractivity contribution in [1.29, 1.82) is 0 Å². The predicted molar refractivity (Wildman–Crippen MR) is 150 cm³/mol. The zero-order valence-corrected chi connectivity index (χ0v) is 21.9. The van der Waals surface area contributed by atoms with Gasteiger partial charge in [-0.25, -0.2) is 18.4 Å². The zero-order chi connectivity index (χ0) is 25.7. The van der Waals surface area contributed by atoms with E-state index in [0.29, 0.717) is 13.2 Å². The fourth-order valence-electron chi connectivity index (χ4n) is 3.91. The van der Waals surface area contributed by atoms with E-state index in [9.17, 15) is 8.42 Å². The standard InChI is InChI=1S/C27H27N5O3S2/c1-37(33,34)16-13-28-19-32-14-15-36-27(32)20-7-12-24-25(17-20)29-18-30-26(24)31-21-8-10-23(11-9-21)35-22-5-3-2-4-6-22/h2-12,14-15,17-18,27-28H,13,16,19H2,1H3,(H,29,30,31). The largest absolute Gasteiger partial charge is 0.457 e. The van der Waals surface area contributed by atoms with Crippen LogP contribution in [0.5, 0.6) is 11.5 Å². The first kappa shape index (κ1) is 25.1. The summed E-state index contributed by atoms with van der Waals surface area (Å²) in [6, 6.07) is 23.6. The molecule has 10 heteroatoms. The second-order valence-electron chi connectivity index (χ2n) is 8.64. The van der Waals surface area contributed by atoms with Crippen LogP contribution in [0, 0.1) is 0 Å². The Morgan fingerprint density at radius 3 is 2.57 bits per heavy atom. The second-order valence-corrected chi connectivity index (χ2v) is 11.9. The van der Waals surface area contributed by atoms with Gasteiger partial charge >= 0.3 is 0 Å². The number of fused-ring (bicyclic) bond motifs is 1. The van der Waals surface area contributed by atoms with E-state index < -0.39 is 9.84 Å². The van der Waals surface area contributed by atoms with Gasteiger partial charge in [-0.1, -0.05) is 24.3 Å². The lowest BCUT2D eigenvalue weighted by Gasteiger charge is -2.25. The molecule has 2 N–H and O–H groups in total. The number of anilines is 2. The molecule has 1 aromatic heterocycles. The van der Waals surface area contributed by atoms with Crippen molar-refractivity contribution in [2.75, 3.05) is 30.5 Å². The number of para-hydroxylation sites is 1. The topological polar surface area (TPSA) is 96.5 Å². The van der Waals surface area contributed by atoms with Crippen LogP contribution >= 0.6 is 11.8 Å². The molecule has 1 atom stereocenters. The number of nitrogens with zero attached hydrogens (tertiary/aromatic N) is 3. The Balaban J connectivity index is 1.26. The van der Waals surface area contributed by atoms with Crippen LogP contribution in [0.25, 0.3) is 10.9 Å². The molecule has 37 heavy (non-hydrogen) atoms. The van der Waals surface area contributed by atoms with Crippen molar-refractivity contribution in [1.82, 2.24) is 20.2 Å². The van der Waals surface area contributed by atoms with Crippen LogP contribution in [0.2, 0.25) is 0 Å². The number of benzene rings is 3. The molecule has 0 saturated carbocycles. The Morgan fingerprint density at radius 2 is 1.78 bits per heavy atom. The average Bonchev–Trinajstić information content (AvgIpc) is 3.36. The minimum absolute atomic E-state index is 0.0821. The number of hydrogen-bond acceptors (Lipinski definition) is 9. The first-order valence-corrected chi connectivity index (χ1v) is 14.8. The van der Waals surface area contributed by atoms with Crippen LogP contribution in [0.3, 0.4) is 0 Å². The molecule has 0 aliphatic carbocycles. The molecule has 0 radical (unpaired) electrons. The highest BCUT2D eigenvalue weighted by Gasteiger charge is 2.22. The summed E-state index contributed by atoms with van der Waals surface area (Å²) in [6.07, 6.45) is 4.83. The molecule has 0 saturated heterocycles. The number of ether oxygens (including phenoxy) is 1. The minimum atomic E-state index is -2.98. The maximum absolute atomic E-state index is 11.4. The van der Waals surface area contributed by atoms with E-state index in [1.165, 1.54) is 6.26 Å². The van der Waals surface area contributed by atoms with E-state index in [2.05, 4.69) is 37.6 Å². The highest BCUT2D eigenvalue weighted by molar-refractivity contribution is 8.02. The van der Waals surface area contributed by atoms with Crippen molar-refractivity contribution in [3.63, 3.8) is 0 Å². The van der Waals surface area contributed by atoms with Crippen molar-refractivity contribution in [3.05, 3.63) is 96.3 Å². The van der Waals surface area contributed by atoms with E-state index in [4.69, 9.17) is 4.74 Å². The SMILES string of the molecule is CS(=O)(=O)CCNCN1C=CSC1c1ccc2c(Nc3ccc(Oc4ccccc4)cc3)ncnc2c1. The Hall–Kier alpha value is -3.60. The molecule has 1 unspecified atom stereocenters. The third-order valence-electron chi connectivity index (χ3n) is 5.75. The molecular formula is C27H27N5O3S2. The fraction of sp³-hybridized carbons (Fsp3) is 0.185. The van der Waals surface area contributed by atoms with Crippen molar-refractivity contribution in [2.24, 2.45) is 0 Å². The van der Waals surface area contributed by atoms with Crippen molar-refractivity contribution in [2.45, 2.75) is 5.37 Å². The predicted octanol–water partition coefficient (Wildman–Crippen LogP) is 5.28. The Labute approximate surface area is 220 Å². The van der Waals surface area contributed by atoms with Gasteiger partial charge in [0.25, 0.3) is 0 Å². The van der Waals surface area contributed by atoms with Gasteiger partial charge < -0.3 is 15.0 Å². The third-order valence-corrected chi connectivity index (χ3v) is 7.77. The summed E-state index contributed by atoms with van der Waals surface area (Å²) >= 11 is 1.70. The minimum Gasteiger partial charge on any atom is -0.457 e. The van der Waals surface area contributed by atoms with Crippen molar-refractivity contribution < 1.29 is 13.2 Å². The van der Waals surface area contributed by atoms with Crippen LogP contribution in [-0.2, 0) is 9.84 Å². The molecule has 0 fully saturated rings. The number of hydrogen-bond donors (Lipinski definition) is 2. The van der Waals surface area contributed by atoms with Gasteiger partial charge in [-0.15, -0.1) is 11.8 Å². The number of sulfone groups is 1. The van der Waals surface area contributed by atoms with E-state index in [1.54, 1.807) is 18.1 Å². The Bertz CT molecular complexity index is 1500. The van der Waals surface area contributed by atoms with Gasteiger partial charge in [-0.05, 0) is 59.5 Å². The fourth-order valence-corrected chi connectivity index (χ4v) is 5.41. The highest BCUT2D eigenvalue weighted by Crippen LogP contribution is 2.39. The maximum Gasteiger partial charge on any atom is 0.148 e. The van der Waals surface area contributed by atoms with Gasteiger partial charge in [0.15, 0.2) is 0 Å².